The van der Waals surface area contributed by atoms with Crippen LogP contribution in [-0.4, -0.2) is 34.8 Å². The Morgan fingerprint density at radius 1 is 1.19 bits per heavy atom. The van der Waals surface area contributed by atoms with E-state index >= 15 is 0 Å². The second-order valence-corrected chi connectivity index (χ2v) is 8.45. The molecular formula is C24H18BrN3O8. The van der Waals surface area contributed by atoms with E-state index in [1.165, 1.54) is 37.5 Å². The Kier molecular flexibility index (Phi) is 7.15. The third-order valence-electron chi connectivity index (χ3n) is 5.11. The van der Waals surface area contributed by atoms with Crippen LogP contribution in [0.4, 0.5) is 10.5 Å². The van der Waals surface area contributed by atoms with Crippen molar-refractivity contribution in [3.63, 3.8) is 0 Å². The number of carbonyl (C=O) groups excluding carboxylic acids is 3. The van der Waals surface area contributed by atoms with Crippen molar-refractivity contribution in [2.75, 3.05) is 7.11 Å². The molecule has 0 bridgehead atoms. The summed E-state index contributed by atoms with van der Waals surface area (Å²) in [6.07, 6.45) is 1.47. The van der Waals surface area contributed by atoms with Crippen molar-refractivity contribution >= 4 is 45.6 Å². The molecule has 1 saturated heterocycles. The monoisotopic (exact) mass is 555 g/mol. The van der Waals surface area contributed by atoms with E-state index in [0.29, 0.717) is 21.3 Å². The van der Waals surface area contributed by atoms with Crippen LogP contribution in [0.1, 0.15) is 27.4 Å². The zero-order chi connectivity index (χ0) is 25.8. The molecule has 11 nitrogen and oxygen atoms in total. The summed E-state index contributed by atoms with van der Waals surface area (Å²) in [5, 5.41) is 13.5. The average molecular weight is 556 g/mol. The van der Waals surface area contributed by atoms with E-state index in [9.17, 15) is 24.5 Å². The zero-order valence-corrected chi connectivity index (χ0v) is 20.3. The molecule has 0 unspecified atom stereocenters. The second kappa shape index (κ2) is 10.4. The minimum atomic E-state index is -0.675. The van der Waals surface area contributed by atoms with Gasteiger partial charge in [0.1, 0.15) is 23.8 Å². The number of furan rings is 1. The minimum absolute atomic E-state index is 0.0121. The minimum Gasteiger partial charge on any atom is -0.488 e. The SMILES string of the molecule is COC(=O)c1ccc(CN2C(=O)N/C(=C\c3cc(Br)ccc3OCc3cccc([N+](=O)[O-])c3)C2=O)o1. The summed E-state index contributed by atoms with van der Waals surface area (Å²) in [5.41, 5.74) is 1.04. The Bertz CT molecular complexity index is 1400. The number of imide groups is 1. The van der Waals surface area contributed by atoms with E-state index in [1.54, 1.807) is 30.3 Å². The summed E-state index contributed by atoms with van der Waals surface area (Å²) in [6.45, 7) is -0.138. The molecule has 2 aromatic carbocycles. The Hall–Kier alpha value is -4.45. The van der Waals surface area contributed by atoms with E-state index in [2.05, 4.69) is 26.0 Å². The van der Waals surface area contributed by atoms with Gasteiger partial charge >= 0.3 is 12.0 Å². The number of urea groups is 1. The predicted molar refractivity (Wildman–Crippen MR) is 129 cm³/mol. The van der Waals surface area contributed by atoms with Crippen LogP contribution in [0.5, 0.6) is 5.75 Å². The third-order valence-corrected chi connectivity index (χ3v) is 5.61. The first-order valence-corrected chi connectivity index (χ1v) is 11.2. The highest BCUT2D eigenvalue weighted by atomic mass is 79.9. The van der Waals surface area contributed by atoms with Gasteiger partial charge in [0.05, 0.1) is 18.6 Å². The maximum atomic E-state index is 12.9. The van der Waals surface area contributed by atoms with E-state index in [1.807, 2.05) is 0 Å². The second-order valence-electron chi connectivity index (χ2n) is 7.53. The smallest absolute Gasteiger partial charge is 0.373 e. The zero-order valence-electron chi connectivity index (χ0n) is 18.7. The number of non-ortho nitro benzene ring substituents is 1. The number of methoxy groups -OCH3 is 1. The molecule has 2 heterocycles. The number of hydrogen-bond donors (Lipinski definition) is 1. The van der Waals surface area contributed by atoms with E-state index in [4.69, 9.17) is 9.15 Å². The van der Waals surface area contributed by atoms with Crippen molar-refractivity contribution in [3.8, 4) is 5.75 Å². The molecule has 3 aromatic rings. The topological polar surface area (TPSA) is 141 Å². The molecule has 36 heavy (non-hydrogen) atoms. The van der Waals surface area contributed by atoms with Gasteiger partial charge in [0.2, 0.25) is 5.76 Å². The number of halogens is 1. The van der Waals surface area contributed by atoms with Gasteiger partial charge in [0, 0.05) is 22.2 Å². The predicted octanol–water partition coefficient (Wildman–Crippen LogP) is 4.41. The first-order valence-electron chi connectivity index (χ1n) is 10.4. The Morgan fingerprint density at radius 3 is 2.75 bits per heavy atom. The molecule has 1 aliphatic rings. The lowest BCUT2D eigenvalue weighted by Gasteiger charge is -2.11. The molecule has 1 N–H and O–H groups in total. The van der Waals surface area contributed by atoms with Crippen LogP contribution in [0.2, 0.25) is 0 Å². The van der Waals surface area contributed by atoms with Crippen LogP contribution in [-0.2, 0) is 22.7 Å². The van der Waals surface area contributed by atoms with E-state index in [0.717, 1.165) is 4.90 Å². The third kappa shape index (κ3) is 5.44. The van der Waals surface area contributed by atoms with Crippen LogP contribution < -0.4 is 10.1 Å². The van der Waals surface area contributed by atoms with Gasteiger partial charge in [-0.15, -0.1) is 0 Å². The summed E-state index contributed by atoms with van der Waals surface area (Å²) < 4.78 is 16.5. The summed E-state index contributed by atoms with van der Waals surface area (Å²) >= 11 is 3.38. The summed E-state index contributed by atoms with van der Waals surface area (Å²) in [6, 6.07) is 13.4. The lowest BCUT2D eigenvalue weighted by molar-refractivity contribution is -0.384. The van der Waals surface area contributed by atoms with Crippen molar-refractivity contribution in [3.05, 3.63) is 97.5 Å². The first-order chi connectivity index (χ1) is 17.2. The van der Waals surface area contributed by atoms with Gasteiger partial charge in [-0.3, -0.25) is 19.8 Å². The van der Waals surface area contributed by atoms with Crippen molar-refractivity contribution in [2.24, 2.45) is 0 Å². The number of benzene rings is 2. The number of hydrogen-bond acceptors (Lipinski definition) is 8. The maximum absolute atomic E-state index is 12.9. The molecule has 3 amide bonds. The van der Waals surface area contributed by atoms with Crippen molar-refractivity contribution in [1.29, 1.82) is 0 Å². The lowest BCUT2D eigenvalue weighted by Crippen LogP contribution is -2.30. The maximum Gasteiger partial charge on any atom is 0.373 e. The number of esters is 1. The van der Waals surface area contributed by atoms with Crippen LogP contribution in [0.25, 0.3) is 6.08 Å². The molecule has 1 aromatic heterocycles. The van der Waals surface area contributed by atoms with Crippen LogP contribution in [0, 0.1) is 10.1 Å². The first kappa shape index (κ1) is 24.7. The Balaban J connectivity index is 1.52. The van der Waals surface area contributed by atoms with E-state index < -0.39 is 22.8 Å². The normalized spacial score (nSPS) is 14.2. The molecule has 0 spiro atoms. The fourth-order valence-electron chi connectivity index (χ4n) is 3.38. The van der Waals surface area contributed by atoms with Crippen molar-refractivity contribution in [1.82, 2.24) is 10.2 Å². The number of amides is 3. The van der Waals surface area contributed by atoms with Gasteiger partial charge in [-0.05, 0) is 42.0 Å². The Morgan fingerprint density at radius 2 is 2.00 bits per heavy atom. The molecule has 1 fully saturated rings. The van der Waals surface area contributed by atoms with Gasteiger partial charge in [0.25, 0.3) is 11.6 Å². The lowest BCUT2D eigenvalue weighted by atomic mass is 10.1. The highest BCUT2D eigenvalue weighted by Crippen LogP contribution is 2.28. The Labute approximate surface area is 212 Å². The standard InChI is InChI=1S/C24H18BrN3O8/c1-34-23(30)21-8-6-18(36-21)12-27-22(29)19(26-24(27)31)11-15-10-16(25)5-7-20(15)35-13-14-3-2-4-17(9-14)28(32)33/h2-11H,12-13H2,1H3,(H,26,31)/b19-11-. The van der Waals surface area contributed by atoms with Gasteiger partial charge in [0.15, 0.2) is 0 Å². The number of ether oxygens (including phenoxy) is 2. The quantitative estimate of drug-likeness (QED) is 0.141. The fourth-order valence-corrected chi connectivity index (χ4v) is 3.76. The average Bonchev–Trinajstić information content (AvgIpc) is 3.43. The summed E-state index contributed by atoms with van der Waals surface area (Å²) in [4.78, 5) is 48.4. The number of nitrogens with zero attached hydrogens (tertiary/aromatic N) is 2. The molecule has 0 aliphatic carbocycles. The molecule has 12 heteroatoms. The van der Waals surface area contributed by atoms with Crippen LogP contribution in [0.3, 0.4) is 0 Å². The highest BCUT2D eigenvalue weighted by Gasteiger charge is 2.34. The number of nitro groups is 1. The number of rotatable bonds is 8. The van der Waals surface area contributed by atoms with Crippen LogP contribution in [0.15, 0.2) is 69.2 Å². The highest BCUT2D eigenvalue weighted by molar-refractivity contribution is 9.10. The molecule has 4 rings (SSSR count). The van der Waals surface area contributed by atoms with E-state index in [-0.39, 0.29) is 36.1 Å². The molecule has 0 saturated carbocycles. The molecule has 0 atom stereocenters. The van der Waals surface area contributed by atoms with Gasteiger partial charge in [-0.2, -0.15) is 0 Å². The molecule has 184 valence electrons. The number of nitro benzene ring substituents is 1. The largest absolute Gasteiger partial charge is 0.488 e. The molecule has 1 aliphatic heterocycles. The number of nitrogens with one attached hydrogen (secondary N) is 1. The van der Waals surface area contributed by atoms with Gasteiger partial charge < -0.3 is 19.2 Å². The molecule has 0 radical (unpaired) electrons. The molecular weight excluding hydrogens is 538 g/mol. The number of carbonyl (C=O) groups is 3. The van der Waals surface area contributed by atoms with Crippen molar-refractivity contribution in [2.45, 2.75) is 13.2 Å². The summed E-state index contributed by atoms with van der Waals surface area (Å²) in [7, 11) is 1.21. The van der Waals surface area contributed by atoms with Gasteiger partial charge in [-0.1, -0.05) is 28.1 Å². The van der Waals surface area contributed by atoms with Crippen molar-refractivity contribution < 1.29 is 33.2 Å². The fraction of sp³-hybridized carbons (Fsp3) is 0.125. The van der Waals surface area contributed by atoms with Crippen LogP contribution >= 0.6 is 15.9 Å². The van der Waals surface area contributed by atoms with Gasteiger partial charge in [-0.25, -0.2) is 9.59 Å². The summed E-state index contributed by atoms with van der Waals surface area (Å²) in [5.74, 6) is -0.697.